The average molecular weight is 310 g/mol. The molecule has 1 atom stereocenters. The molecule has 0 amide bonds. The number of nitrogens with zero attached hydrogens (tertiary/aromatic N) is 4. The van der Waals surface area contributed by atoms with E-state index >= 15 is 0 Å². The maximum absolute atomic E-state index is 6.11. The highest BCUT2D eigenvalue weighted by atomic mass is 35.5. The molecule has 1 aliphatic carbocycles. The van der Waals surface area contributed by atoms with Gasteiger partial charge in [-0.25, -0.2) is 4.68 Å². The molecule has 0 aliphatic heterocycles. The molecular formula is C13H16ClN5S. The van der Waals surface area contributed by atoms with Gasteiger partial charge in [0, 0.05) is 16.0 Å². The summed E-state index contributed by atoms with van der Waals surface area (Å²) >= 11 is 7.66. The molecule has 0 saturated heterocycles. The van der Waals surface area contributed by atoms with Gasteiger partial charge in [-0.2, -0.15) is 0 Å². The molecule has 0 bridgehead atoms. The molecule has 5 nitrogen and oxygen atoms in total. The van der Waals surface area contributed by atoms with Crippen molar-refractivity contribution in [2.45, 2.75) is 48.3 Å². The number of hydrogen-bond donors (Lipinski definition) is 1. The van der Waals surface area contributed by atoms with Crippen LogP contribution in [0.4, 0.5) is 0 Å². The van der Waals surface area contributed by atoms with Crippen molar-refractivity contribution in [1.82, 2.24) is 20.2 Å². The van der Waals surface area contributed by atoms with Crippen LogP contribution in [-0.2, 0) is 6.42 Å². The molecule has 20 heavy (non-hydrogen) atoms. The molecule has 1 aromatic heterocycles. The monoisotopic (exact) mass is 309 g/mol. The second-order valence-corrected chi connectivity index (χ2v) is 6.62. The Morgan fingerprint density at radius 2 is 2.30 bits per heavy atom. The van der Waals surface area contributed by atoms with E-state index in [1.54, 1.807) is 11.8 Å². The molecule has 0 radical (unpaired) electrons. The van der Waals surface area contributed by atoms with Crippen LogP contribution in [0.15, 0.2) is 28.3 Å². The topological polar surface area (TPSA) is 69.6 Å². The van der Waals surface area contributed by atoms with Gasteiger partial charge >= 0.3 is 0 Å². The Morgan fingerprint density at radius 1 is 1.50 bits per heavy atom. The first-order valence-electron chi connectivity index (χ1n) is 6.63. The van der Waals surface area contributed by atoms with E-state index in [1.807, 2.05) is 29.8 Å². The van der Waals surface area contributed by atoms with E-state index in [0.29, 0.717) is 11.1 Å². The fourth-order valence-electron chi connectivity index (χ4n) is 2.04. The summed E-state index contributed by atoms with van der Waals surface area (Å²) in [5.41, 5.74) is 7.09. The van der Waals surface area contributed by atoms with Crippen molar-refractivity contribution < 1.29 is 0 Å². The minimum absolute atomic E-state index is 0.106. The van der Waals surface area contributed by atoms with Gasteiger partial charge < -0.3 is 5.73 Å². The third-order valence-electron chi connectivity index (χ3n) is 3.13. The minimum Gasteiger partial charge on any atom is -0.328 e. The van der Waals surface area contributed by atoms with Crippen LogP contribution in [0.25, 0.3) is 0 Å². The summed E-state index contributed by atoms with van der Waals surface area (Å²) in [5, 5.41) is 13.5. The van der Waals surface area contributed by atoms with E-state index in [0.717, 1.165) is 29.3 Å². The predicted molar refractivity (Wildman–Crippen MR) is 79.0 cm³/mol. The third kappa shape index (κ3) is 3.13. The van der Waals surface area contributed by atoms with Gasteiger partial charge in [-0.15, -0.1) is 5.10 Å². The van der Waals surface area contributed by atoms with Crippen molar-refractivity contribution in [3.05, 3.63) is 28.8 Å². The fourth-order valence-corrected chi connectivity index (χ4v) is 3.30. The Labute approximate surface area is 126 Å². The summed E-state index contributed by atoms with van der Waals surface area (Å²) in [6.07, 6.45) is 3.12. The van der Waals surface area contributed by atoms with Crippen LogP contribution in [0, 0.1) is 0 Å². The molecular weight excluding hydrogens is 294 g/mol. The van der Waals surface area contributed by atoms with Crippen molar-refractivity contribution >= 4 is 23.4 Å². The van der Waals surface area contributed by atoms with Crippen molar-refractivity contribution in [2.75, 3.05) is 0 Å². The summed E-state index contributed by atoms with van der Waals surface area (Å²) in [7, 11) is 0. The smallest absolute Gasteiger partial charge is 0.214 e. The number of benzene rings is 1. The van der Waals surface area contributed by atoms with Gasteiger partial charge in [0.15, 0.2) is 0 Å². The van der Waals surface area contributed by atoms with Gasteiger partial charge in [-0.1, -0.05) is 17.7 Å². The van der Waals surface area contributed by atoms with Crippen LogP contribution in [0.1, 0.15) is 31.4 Å². The molecule has 1 unspecified atom stereocenters. The van der Waals surface area contributed by atoms with E-state index in [1.165, 1.54) is 5.56 Å². The first kappa shape index (κ1) is 13.9. The lowest BCUT2D eigenvalue weighted by atomic mass is 10.1. The third-order valence-corrected chi connectivity index (χ3v) is 4.41. The zero-order chi connectivity index (χ0) is 14.1. The van der Waals surface area contributed by atoms with E-state index in [-0.39, 0.29) is 6.04 Å². The van der Waals surface area contributed by atoms with Crippen LogP contribution in [0.5, 0.6) is 0 Å². The molecule has 1 aliphatic rings. The number of tetrazole rings is 1. The fraction of sp³-hybridized carbons (Fsp3) is 0.462. The summed E-state index contributed by atoms with van der Waals surface area (Å²) in [6, 6.07) is 6.45. The van der Waals surface area contributed by atoms with Gasteiger partial charge in [-0.3, -0.25) is 0 Å². The van der Waals surface area contributed by atoms with Crippen molar-refractivity contribution in [2.24, 2.45) is 5.73 Å². The highest BCUT2D eigenvalue weighted by Gasteiger charge is 2.28. The lowest BCUT2D eigenvalue weighted by Crippen LogP contribution is -2.18. The maximum Gasteiger partial charge on any atom is 0.214 e. The largest absolute Gasteiger partial charge is 0.328 e. The van der Waals surface area contributed by atoms with Crippen molar-refractivity contribution in [3.8, 4) is 0 Å². The van der Waals surface area contributed by atoms with Crippen LogP contribution >= 0.6 is 23.4 Å². The molecule has 106 valence electrons. The first-order valence-corrected chi connectivity index (χ1v) is 7.82. The molecule has 2 aromatic rings. The van der Waals surface area contributed by atoms with Crippen molar-refractivity contribution in [3.63, 3.8) is 0 Å². The molecule has 3 rings (SSSR count). The predicted octanol–water partition coefficient (Wildman–Crippen LogP) is 2.70. The summed E-state index contributed by atoms with van der Waals surface area (Å²) in [4.78, 5) is 1.08. The molecule has 1 aromatic carbocycles. The zero-order valence-electron chi connectivity index (χ0n) is 11.2. The molecule has 7 heteroatoms. The van der Waals surface area contributed by atoms with E-state index in [4.69, 9.17) is 17.3 Å². The van der Waals surface area contributed by atoms with E-state index in [9.17, 15) is 0 Å². The molecule has 0 spiro atoms. The minimum atomic E-state index is 0.106. The van der Waals surface area contributed by atoms with Gasteiger partial charge in [0.1, 0.15) is 0 Å². The van der Waals surface area contributed by atoms with Gasteiger partial charge in [0.2, 0.25) is 5.16 Å². The van der Waals surface area contributed by atoms with E-state index in [2.05, 4.69) is 15.5 Å². The van der Waals surface area contributed by atoms with Gasteiger partial charge in [0.25, 0.3) is 0 Å². The Bertz CT molecular complexity index is 609. The number of nitrogens with two attached hydrogens (primary N) is 1. The highest BCUT2D eigenvalue weighted by molar-refractivity contribution is 7.99. The number of halogens is 1. The molecule has 1 heterocycles. The second-order valence-electron chi connectivity index (χ2n) is 5.17. The molecule has 1 saturated carbocycles. The Kier molecular flexibility index (Phi) is 3.96. The highest BCUT2D eigenvalue weighted by Crippen LogP contribution is 2.39. The van der Waals surface area contributed by atoms with Crippen LogP contribution in [0.2, 0.25) is 5.02 Å². The lowest BCUT2D eigenvalue weighted by Gasteiger charge is -2.11. The average Bonchev–Trinajstić information content (AvgIpc) is 3.13. The number of aromatic nitrogens is 4. The summed E-state index contributed by atoms with van der Waals surface area (Å²) in [6.45, 7) is 2.00. The normalized spacial score (nSPS) is 16.4. The SMILES string of the molecule is CC(N)Cc1ccc(Cl)cc1Sc1nnnn1C1CC1. The Balaban J connectivity index is 1.88. The summed E-state index contributed by atoms with van der Waals surface area (Å²) in [5.74, 6) is 0. The standard InChI is InChI=1S/C13H16ClN5S/c1-8(15)6-9-2-3-10(14)7-12(9)20-13-16-17-18-19(13)11-4-5-11/h2-3,7-8,11H,4-6,15H2,1H3. The number of hydrogen-bond acceptors (Lipinski definition) is 5. The molecule has 2 N–H and O–H groups in total. The number of rotatable bonds is 5. The quantitative estimate of drug-likeness (QED) is 0.919. The van der Waals surface area contributed by atoms with Crippen LogP contribution in [-0.4, -0.2) is 26.2 Å². The van der Waals surface area contributed by atoms with Crippen LogP contribution in [0.3, 0.4) is 0 Å². The summed E-state index contributed by atoms with van der Waals surface area (Å²) < 4.78 is 1.90. The van der Waals surface area contributed by atoms with Gasteiger partial charge in [0.05, 0.1) is 6.04 Å². The van der Waals surface area contributed by atoms with Gasteiger partial charge in [-0.05, 0) is 66.1 Å². The second kappa shape index (κ2) is 5.71. The van der Waals surface area contributed by atoms with E-state index < -0.39 is 0 Å². The van der Waals surface area contributed by atoms with Crippen LogP contribution < -0.4 is 5.73 Å². The molecule has 1 fully saturated rings. The zero-order valence-corrected chi connectivity index (χ0v) is 12.7. The lowest BCUT2D eigenvalue weighted by molar-refractivity contribution is 0.565. The maximum atomic E-state index is 6.11. The Hall–Kier alpha value is -1.11. The Morgan fingerprint density at radius 3 is 3.00 bits per heavy atom. The first-order chi connectivity index (χ1) is 9.63. The van der Waals surface area contributed by atoms with Crippen molar-refractivity contribution in [1.29, 1.82) is 0 Å².